The number of hydrogen-bond acceptors (Lipinski definition) is 4. The molecule has 1 aromatic carbocycles. The Hall–Kier alpha value is -3.02. The van der Waals surface area contributed by atoms with Crippen molar-refractivity contribution < 1.29 is 0 Å². The molecule has 130 valence electrons. The Labute approximate surface area is 149 Å². The summed E-state index contributed by atoms with van der Waals surface area (Å²) in [5, 5.41) is 1.06. The van der Waals surface area contributed by atoms with Crippen LogP contribution in [0.1, 0.15) is 38.1 Å². The summed E-state index contributed by atoms with van der Waals surface area (Å²) in [5.74, 6) is 0. The van der Waals surface area contributed by atoms with Gasteiger partial charge in [0.2, 0.25) is 0 Å². The number of rotatable bonds is 2. The van der Waals surface area contributed by atoms with Crippen LogP contribution in [0.25, 0.3) is 33.5 Å². The molecule has 3 aromatic heterocycles. The molecule has 0 saturated heterocycles. The second kappa shape index (κ2) is 6.05. The lowest BCUT2D eigenvalue weighted by Gasteiger charge is -2.22. The van der Waals surface area contributed by atoms with E-state index in [0.717, 1.165) is 47.8 Å². The summed E-state index contributed by atoms with van der Waals surface area (Å²) in [6.45, 7) is 0. The highest BCUT2D eigenvalue weighted by Gasteiger charge is 2.21. The Morgan fingerprint density at radius 3 is 2.77 bits per heavy atom. The number of H-pyrrole nitrogens is 1. The zero-order valence-electron chi connectivity index (χ0n) is 14.4. The fraction of sp³-hybridized carbons (Fsp3) is 0.300. The van der Waals surface area contributed by atoms with Crippen LogP contribution in [0.5, 0.6) is 0 Å². The van der Waals surface area contributed by atoms with Gasteiger partial charge in [-0.25, -0.2) is 14.8 Å². The first-order valence-electron chi connectivity index (χ1n) is 9.12. The van der Waals surface area contributed by atoms with E-state index in [2.05, 4.69) is 15.0 Å². The van der Waals surface area contributed by atoms with E-state index >= 15 is 0 Å². The zero-order chi connectivity index (χ0) is 17.5. The number of aromatic nitrogens is 5. The van der Waals surface area contributed by atoms with Crippen molar-refractivity contribution in [2.75, 3.05) is 0 Å². The summed E-state index contributed by atoms with van der Waals surface area (Å²) < 4.78 is 1.81. The fourth-order valence-corrected chi connectivity index (χ4v) is 4.01. The topological polar surface area (TPSA) is 76.5 Å². The van der Waals surface area contributed by atoms with E-state index in [1.54, 1.807) is 12.4 Å². The van der Waals surface area contributed by atoms with Gasteiger partial charge in [-0.2, -0.15) is 0 Å². The molecule has 26 heavy (non-hydrogen) atoms. The predicted molar refractivity (Wildman–Crippen MR) is 101 cm³/mol. The smallest absolute Gasteiger partial charge is 0.289 e. The van der Waals surface area contributed by atoms with Gasteiger partial charge in [-0.3, -0.25) is 14.5 Å². The molecule has 1 aliphatic rings. The number of aromatic amines is 1. The molecule has 1 aliphatic carbocycles. The van der Waals surface area contributed by atoms with Gasteiger partial charge in [0, 0.05) is 23.2 Å². The minimum absolute atomic E-state index is 0.111. The minimum atomic E-state index is -0.111. The van der Waals surface area contributed by atoms with Gasteiger partial charge in [-0.05, 0) is 18.9 Å². The molecule has 6 heteroatoms. The number of imidazole rings is 1. The highest BCUT2D eigenvalue weighted by atomic mass is 16.1. The molecule has 6 nitrogen and oxygen atoms in total. The maximum Gasteiger partial charge on any atom is 0.329 e. The van der Waals surface area contributed by atoms with Gasteiger partial charge >= 0.3 is 5.69 Å². The number of para-hydroxylation sites is 1. The molecule has 0 atom stereocenters. The normalized spacial score (nSPS) is 15.7. The Bertz CT molecular complexity index is 1150. The summed E-state index contributed by atoms with van der Waals surface area (Å²) in [7, 11) is 0. The molecule has 5 rings (SSSR count). The Balaban J connectivity index is 1.71. The highest BCUT2D eigenvalue weighted by molar-refractivity contribution is 5.92. The summed E-state index contributed by atoms with van der Waals surface area (Å²) in [6.07, 6.45) is 9.10. The van der Waals surface area contributed by atoms with Crippen molar-refractivity contribution in [2.24, 2.45) is 0 Å². The molecule has 0 spiro atoms. The summed E-state index contributed by atoms with van der Waals surface area (Å²) in [4.78, 5) is 29.2. The molecular formula is C20H19N5O. The molecular weight excluding hydrogens is 326 g/mol. The molecule has 0 amide bonds. The van der Waals surface area contributed by atoms with E-state index in [4.69, 9.17) is 4.98 Å². The summed E-state index contributed by atoms with van der Waals surface area (Å²) in [5.41, 5.74) is 3.65. The van der Waals surface area contributed by atoms with Gasteiger partial charge in [-0.1, -0.05) is 43.5 Å². The number of pyridine rings is 1. The van der Waals surface area contributed by atoms with E-state index in [0.29, 0.717) is 11.3 Å². The fourth-order valence-electron chi connectivity index (χ4n) is 4.01. The van der Waals surface area contributed by atoms with Crippen LogP contribution in [0, 0.1) is 0 Å². The average Bonchev–Trinajstić information content (AvgIpc) is 3.03. The molecule has 4 aromatic rings. The number of nitrogens with zero attached hydrogens (tertiary/aromatic N) is 4. The van der Waals surface area contributed by atoms with Crippen LogP contribution in [-0.2, 0) is 0 Å². The van der Waals surface area contributed by atoms with Crippen molar-refractivity contribution in [3.63, 3.8) is 0 Å². The van der Waals surface area contributed by atoms with Crippen LogP contribution in [0.2, 0.25) is 0 Å². The lowest BCUT2D eigenvalue weighted by atomic mass is 9.95. The molecule has 3 heterocycles. The molecule has 1 saturated carbocycles. The third-order valence-electron chi connectivity index (χ3n) is 5.27. The molecule has 0 aliphatic heterocycles. The first-order valence-corrected chi connectivity index (χ1v) is 9.12. The van der Waals surface area contributed by atoms with E-state index < -0.39 is 0 Å². The first-order chi connectivity index (χ1) is 12.8. The second-order valence-electron chi connectivity index (χ2n) is 6.90. The molecule has 1 fully saturated rings. The van der Waals surface area contributed by atoms with Gasteiger partial charge in [0.05, 0.1) is 17.4 Å². The number of benzene rings is 1. The minimum Gasteiger partial charge on any atom is -0.289 e. The van der Waals surface area contributed by atoms with Crippen LogP contribution in [0.3, 0.4) is 0 Å². The SMILES string of the molecule is O=c1[nH]c2ncc(-c3cccc4cccnc34)nc2n1C1CCCCC1. The van der Waals surface area contributed by atoms with Crippen molar-refractivity contribution in [1.82, 2.24) is 24.5 Å². The van der Waals surface area contributed by atoms with Crippen molar-refractivity contribution in [3.05, 3.63) is 53.2 Å². The predicted octanol–water partition coefficient (Wildman–Crippen LogP) is 3.84. The standard InChI is InChI=1S/C20H19N5O/c26-20-24-18-19(25(20)14-8-2-1-3-9-14)23-16(12-22-18)15-10-4-6-13-7-5-11-21-17(13)15/h4-7,10-12,14H,1-3,8-9H2,(H,22,24,26). The van der Waals surface area contributed by atoms with E-state index in [1.165, 1.54) is 6.42 Å². The molecule has 0 radical (unpaired) electrons. The third kappa shape index (κ3) is 2.41. The number of fused-ring (bicyclic) bond motifs is 2. The van der Waals surface area contributed by atoms with Crippen LogP contribution in [-0.4, -0.2) is 24.5 Å². The highest BCUT2D eigenvalue weighted by Crippen LogP contribution is 2.30. The van der Waals surface area contributed by atoms with Crippen molar-refractivity contribution in [3.8, 4) is 11.3 Å². The van der Waals surface area contributed by atoms with Crippen molar-refractivity contribution in [2.45, 2.75) is 38.1 Å². The van der Waals surface area contributed by atoms with E-state index in [1.807, 2.05) is 34.9 Å². The average molecular weight is 345 g/mol. The van der Waals surface area contributed by atoms with Gasteiger partial charge < -0.3 is 0 Å². The largest absolute Gasteiger partial charge is 0.329 e. The third-order valence-corrected chi connectivity index (χ3v) is 5.27. The van der Waals surface area contributed by atoms with E-state index in [9.17, 15) is 4.79 Å². The zero-order valence-corrected chi connectivity index (χ0v) is 14.4. The van der Waals surface area contributed by atoms with Gasteiger partial charge in [0.15, 0.2) is 11.3 Å². The van der Waals surface area contributed by atoms with Gasteiger partial charge in [0.25, 0.3) is 0 Å². The van der Waals surface area contributed by atoms with Crippen molar-refractivity contribution >= 4 is 22.2 Å². The van der Waals surface area contributed by atoms with Gasteiger partial charge in [0.1, 0.15) is 0 Å². The van der Waals surface area contributed by atoms with Gasteiger partial charge in [-0.15, -0.1) is 0 Å². The maximum atomic E-state index is 12.5. The summed E-state index contributed by atoms with van der Waals surface area (Å²) >= 11 is 0. The lowest BCUT2D eigenvalue weighted by molar-refractivity contribution is 0.352. The van der Waals surface area contributed by atoms with Crippen LogP contribution in [0.15, 0.2) is 47.5 Å². The second-order valence-corrected chi connectivity index (χ2v) is 6.90. The monoisotopic (exact) mass is 345 g/mol. The molecule has 1 N–H and O–H groups in total. The Kier molecular flexibility index (Phi) is 3.55. The van der Waals surface area contributed by atoms with Crippen LogP contribution >= 0.6 is 0 Å². The Morgan fingerprint density at radius 2 is 1.88 bits per heavy atom. The number of hydrogen-bond donors (Lipinski definition) is 1. The van der Waals surface area contributed by atoms with Crippen LogP contribution < -0.4 is 5.69 Å². The lowest BCUT2D eigenvalue weighted by Crippen LogP contribution is -2.24. The number of nitrogens with one attached hydrogen (secondary N) is 1. The maximum absolute atomic E-state index is 12.5. The molecule has 0 unspecified atom stereocenters. The quantitative estimate of drug-likeness (QED) is 0.599. The van der Waals surface area contributed by atoms with Crippen molar-refractivity contribution in [1.29, 1.82) is 0 Å². The molecule has 0 bridgehead atoms. The Morgan fingerprint density at radius 1 is 1.04 bits per heavy atom. The first kappa shape index (κ1) is 15.3. The van der Waals surface area contributed by atoms with Crippen LogP contribution in [0.4, 0.5) is 0 Å². The van der Waals surface area contributed by atoms with E-state index in [-0.39, 0.29) is 11.7 Å². The summed E-state index contributed by atoms with van der Waals surface area (Å²) in [6, 6.07) is 10.2.